The van der Waals surface area contributed by atoms with Crippen molar-refractivity contribution in [2.75, 3.05) is 13.7 Å². The monoisotopic (exact) mass is 1600 g/mol. The second-order valence-electron chi connectivity index (χ2n) is 30.0. The van der Waals surface area contributed by atoms with Crippen molar-refractivity contribution in [1.82, 2.24) is 4.57 Å². The molecule has 1 saturated carbocycles. The number of methoxy groups -OCH3 is 1. The Morgan fingerprint density at radius 1 is 0.576 bits per heavy atom. The van der Waals surface area contributed by atoms with Gasteiger partial charge in [-0.05, 0) is 203 Å². The van der Waals surface area contributed by atoms with Gasteiger partial charge in [0.15, 0.2) is 5.78 Å². The number of para-hydroxylation sites is 1. The molecular formula is C100H109F2NO15. The summed E-state index contributed by atoms with van der Waals surface area (Å²) in [5, 5.41) is 38.3. The number of rotatable bonds is 24. The van der Waals surface area contributed by atoms with Crippen molar-refractivity contribution in [3.05, 3.63) is 332 Å². The molecule has 1 fully saturated rings. The van der Waals surface area contributed by atoms with E-state index in [1.807, 2.05) is 132 Å². The molecule has 0 bridgehead atoms. The Hall–Kier alpha value is -12.6. The molecule has 1 aromatic heterocycles. The lowest BCUT2D eigenvalue weighted by atomic mass is 9.93. The molecule has 16 nitrogen and oxygen atoms in total. The van der Waals surface area contributed by atoms with Gasteiger partial charge in [-0.15, -0.1) is 0 Å². The number of aliphatic carboxylic acids is 2. The Kier molecular flexibility index (Phi) is 36.9. The summed E-state index contributed by atoms with van der Waals surface area (Å²) in [5.74, 6) is -2.51. The zero-order valence-electron chi connectivity index (χ0n) is 69.9. The van der Waals surface area contributed by atoms with Crippen LogP contribution in [0.1, 0.15) is 211 Å². The van der Waals surface area contributed by atoms with Crippen molar-refractivity contribution in [3.8, 4) is 22.6 Å². The largest absolute Gasteiger partial charge is 0.507 e. The third-order valence-electron chi connectivity index (χ3n) is 20.6. The molecule has 0 amide bonds. The lowest BCUT2D eigenvalue weighted by Crippen LogP contribution is -2.11. The second-order valence-corrected chi connectivity index (χ2v) is 30.0. The van der Waals surface area contributed by atoms with Crippen LogP contribution in [0.5, 0.6) is 11.5 Å². The lowest BCUT2D eigenvalue weighted by molar-refractivity contribution is -0.138. The van der Waals surface area contributed by atoms with Gasteiger partial charge in [0, 0.05) is 58.8 Å². The van der Waals surface area contributed by atoms with Crippen LogP contribution in [0.25, 0.3) is 21.9 Å². The van der Waals surface area contributed by atoms with Crippen molar-refractivity contribution in [3.63, 3.8) is 0 Å². The highest BCUT2D eigenvalue weighted by atomic mass is 19.1. The molecule has 118 heavy (non-hydrogen) atoms. The Balaban J connectivity index is 0.000000214. The smallest absolute Gasteiger partial charge is 0.341 e. The number of carbonyl (C=O) groups is 9. The summed E-state index contributed by atoms with van der Waals surface area (Å²) in [5.41, 5.74) is 13.9. The Labute approximate surface area is 691 Å². The molecular weight excluding hydrogens is 1490 g/mol. The average molecular weight is 1600 g/mol. The number of ketones is 5. The second kappa shape index (κ2) is 46.2. The van der Waals surface area contributed by atoms with E-state index in [2.05, 4.69) is 62.9 Å². The third kappa shape index (κ3) is 28.7. The van der Waals surface area contributed by atoms with E-state index in [1.54, 1.807) is 102 Å². The number of allylic oxidation sites excluding steroid dienone is 5. The number of esters is 1. The number of halogens is 2. The van der Waals surface area contributed by atoms with Gasteiger partial charge < -0.3 is 34.5 Å². The van der Waals surface area contributed by atoms with Gasteiger partial charge >= 0.3 is 23.9 Å². The lowest BCUT2D eigenvalue weighted by Gasteiger charge is -2.12. The van der Waals surface area contributed by atoms with Crippen LogP contribution in [-0.4, -0.2) is 91.5 Å². The highest BCUT2D eigenvalue weighted by Crippen LogP contribution is 2.34. The van der Waals surface area contributed by atoms with E-state index in [0.717, 1.165) is 81.3 Å². The highest BCUT2D eigenvalue weighted by molar-refractivity contribution is 6.10. The average Bonchev–Trinajstić information content (AvgIpc) is 1.69. The van der Waals surface area contributed by atoms with Crippen molar-refractivity contribution < 1.29 is 81.8 Å². The normalized spacial score (nSPS) is 13.4. The molecule has 2 aliphatic rings. The van der Waals surface area contributed by atoms with Crippen LogP contribution in [0.2, 0.25) is 0 Å². The highest BCUT2D eigenvalue weighted by Gasteiger charge is 2.24. The van der Waals surface area contributed by atoms with Crippen LogP contribution in [-0.2, 0) is 55.0 Å². The van der Waals surface area contributed by atoms with Crippen LogP contribution in [0.3, 0.4) is 0 Å². The Morgan fingerprint density at radius 2 is 1.15 bits per heavy atom. The maximum absolute atomic E-state index is 13.6. The van der Waals surface area contributed by atoms with E-state index in [0.29, 0.717) is 58.5 Å². The quantitative estimate of drug-likeness (QED) is 0.0249. The fourth-order valence-corrected chi connectivity index (χ4v) is 12.8. The summed E-state index contributed by atoms with van der Waals surface area (Å²) in [6, 6.07) is 62.5. The number of benzene rings is 9. The zero-order chi connectivity index (χ0) is 87.0. The van der Waals surface area contributed by atoms with Crippen LogP contribution in [0.15, 0.2) is 248 Å². The number of ether oxygens (including phenoxy) is 2. The van der Waals surface area contributed by atoms with Crippen LogP contribution in [0.4, 0.5) is 8.78 Å². The number of fused-ring (bicyclic) bond motifs is 1. The SMILES string of the molecule is C=C1CCCC1Cc1ccc(C(C)C(=O)O)cc1.CC(=O)C(C)C1=CC=C(C(=O)c2ccccc2)C1.CC(=O)C(C)c1ccc(CC(C)C)cc1.CCCOC(=O)c1ccccc1O.COc1ccc2cc([C@H](C)C(C)=O)ccc2c1.Cc1ccc(-c2ccc(F)cc2F)cc1C(=O)O.Cc1ccc(C(=O)c2ccc(CC(=O)O)n2C)cc1. The van der Waals surface area contributed by atoms with Gasteiger partial charge in [-0.2, -0.15) is 0 Å². The molecule has 2 aliphatic carbocycles. The van der Waals surface area contributed by atoms with E-state index in [9.17, 15) is 57.0 Å². The molecule has 0 aliphatic heterocycles. The van der Waals surface area contributed by atoms with Crippen molar-refractivity contribution in [2.45, 2.75) is 152 Å². The Morgan fingerprint density at radius 3 is 1.71 bits per heavy atom. The van der Waals surface area contributed by atoms with E-state index in [-0.39, 0.29) is 75.5 Å². The Bertz CT molecular complexity index is 5210. The topological polar surface area (TPSA) is 258 Å². The molecule has 10 aromatic rings. The number of aromatic carboxylic acids is 1. The summed E-state index contributed by atoms with van der Waals surface area (Å²) >= 11 is 0. The first-order valence-corrected chi connectivity index (χ1v) is 39.4. The number of Topliss-reactive ketones (excluding diaryl/α,β-unsaturated/α-hetero) is 4. The standard InChI is InChI=1S/C16H20O2.C16H16O2.C15H15NO3.C15H16O2.C14H10F2O2.C14H20O.C10H12O3/c1-11-4-3-5-15(11)10-13-6-8-14(9-7-13)12(2)16(17)18;1-11(12(2)17)14-8-9-15(10-14)16(18)13-6-4-3-5-7-13;1-10-3-5-11(6-4-10)15(19)13-8-7-12(16(13)2)9-14(17)18;1-10(11(2)16)12-4-5-14-9-15(17-3)7-6-13(14)8-12;1-8-2-3-9(6-12(8)14(17)18)11-5-4-10(15)7-13(11)16;1-10(2)9-13-5-7-14(8-6-13)11(3)12(4)15;1-2-7-13-10(12)8-5-3-4-6-9(8)11/h6-9,12,15H,1,3-5,10H2,2H3,(H,17,18);3-9,11H,10H2,1-2H3;3-8H,9H2,1-2H3,(H,17,18);4-10H,1-3H3;2-7H,1H3,(H,17,18);5-8,10-11H,9H2,1-4H3;3-6,11H,2,7H2,1H3/t;;;10-;;;/m...1.../s1. The third-order valence-corrected chi connectivity index (χ3v) is 20.6. The summed E-state index contributed by atoms with van der Waals surface area (Å²) in [4.78, 5) is 102. The number of aromatic hydroxyl groups is 1. The molecule has 4 N–H and O–H groups in total. The summed E-state index contributed by atoms with van der Waals surface area (Å²) in [7, 11) is 3.37. The van der Waals surface area contributed by atoms with E-state index < -0.39 is 41.4 Å². The van der Waals surface area contributed by atoms with E-state index >= 15 is 0 Å². The minimum atomic E-state index is -1.07. The van der Waals surface area contributed by atoms with Gasteiger partial charge in [0.05, 0.1) is 37.3 Å². The number of aryl methyl sites for hydroxylation is 2. The first-order chi connectivity index (χ1) is 56.0. The molecule has 0 radical (unpaired) electrons. The van der Waals surface area contributed by atoms with Crippen molar-refractivity contribution >= 4 is 63.6 Å². The number of phenols is 1. The number of nitrogens with zero attached hydrogens (tertiary/aromatic N) is 1. The molecule has 5 atom stereocenters. The fourth-order valence-electron chi connectivity index (χ4n) is 12.8. The first-order valence-electron chi connectivity index (χ1n) is 39.4. The fraction of sp³-hybridized carbons (Fsp3) is 0.290. The maximum Gasteiger partial charge on any atom is 0.341 e. The van der Waals surface area contributed by atoms with E-state index in [1.165, 1.54) is 60.2 Å². The van der Waals surface area contributed by atoms with Crippen LogP contribution < -0.4 is 4.74 Å². The summed E-state index contributed by atoms with van der Waals surface area (Å²) < 4.78 is 38.1. The van der Waals surface area contributed by atoms with Gasteiger partial charge in [0.2, 0.25) is 5.78 Å². The number of aromatic nitrogens is 1. The predicted octanol–water partition coefficient (Wildman–Crippen LogP) is 22.0. The number of hydrogen-bond acceptors (Lipinski definition) is 12. The number of hydrogen-bond donors (Lipinski definition) is 4. The van der Waals surface area contributed by atoms with Gasteiger partial charge in [0.25, 0.3) is 0 Å². The molecule has 618 valence electrons. The number of carbonyl (C=O) groups excluding carboxylic acids is 6. The molecule has 9 aromatic carbocycles. The minimum Gasteiger partial charge on any atom is -0.507 e. The number of phenolic OH excluding ortho intramolecular Hbond substituents is 1. The molecule has 1 heterocycles. The van der Waals surface area contributed by atoms with Crippen LogP contribution in [0, 0.1) is 43.2 Å². The first kappa shape index (κ1) is 94.3. The predicted molar refractivity (Wildman–Crippen MR) is 461 cm³/mol. The van der Waals surface area contributed by atoms with Crippen LogP contribution >= 0.6 is 0 Å². The molecule has 0 spiro atoms. The molecule has 18 heteroatoms. The van der Waals surface area contributed by atoms with Gasteiger partial charge in [-0.3, -0.25) is 33.6 Å². The zero-order valence-corrected chi connectivity index (χ0v) is 69.9. The number of carboxylic acid groups (broad SMARTS) is 3. The maximum atomic E-state index is 13.6. The van der Waals surface area contributed by atoms with Crippen molar-refractivity contribution in [2.24, 2.45) is 24.8 Å². The summed E-state index contributed by atoms with van der Waals surface area (Å²) in [6.45, 7) is 26.8. The van der Waals surface area contributed by atoms with Gasteiger partial charge in [-0.25, -0.2) is 18.4 Å². The number of carboxylic acids is 3. The molecule has 12 rings (SSSR count). The van der Waals surface area contributed by atoms with E-state index in [4.69, 9.17) is 24.8 Å². The minimum absolute atomic E-state index is 0.0260. The molecule has 0 saturated heterocycles. The van der Waals surface area contributed by atoms with Crippen molar-refractivity contribution in [1.29, 1.82) is 0 Å². The van der Waals surface area contributed by atoms with Gasteiger partial charge in [0.1, 0.15) is 46.0 Å². The molecule has 4 unspecified atom stereocenters. The summed E-state index contributed by atoms with van der Waals surface area (Å²) in [6.07, 6.45) is 10.8. The van der Waals surface area contributed by atoms with Gasteiger partial charge in [-0.1, -0.05) is 229 Å².